The molecule has 6 nitrogen and oxygen atoms in total. The summed E-state index contributed by atoms with van der Waals surface area (Å²) in [6.45, 7) is 2.70. The molecule has 3 fully saturated rings. The van der Waals surface area contributed by atoms with E-state index in [0.29, 0.717) is 26.2 Å². The topological polar surface area (TPSA) is 69.7 Å². The van der Waals surface area contributed by atoms with Crippen molar-refractivity contribution in [1.82, 2.24) is 15.1 Å². The molecule has 1 saturated carbocycles. The third-order valence-corrected chi connectivity index (χ3v) is 4.43. The summed E-state index contributed by atoms with van der Waals surface area (Å²) in [4.78, 5) is 39.2. The van der Waals surface area contributed by atoms with Gasteiger partial charge in [0.25, 0.3) is 0 Å². The highest BCUT2D eigenvalue weighted by molar-refractivity contribution is 5.87. The molecular formula is C14H21N3O3. The summed E-state index contributed by atoms with van der Waals surface area (Å²) in [6.07, 6.45) is 3.52. The molecule has 0 aromatic rings. The van der Waals surface area contributed by atoms with Crippen molar-refractivity contribution in [3.63, 3.8) is 0 Å². The van der Waals surface area contributed by atoms with Crippen LogP contribution in [0.15, 0.2) is 0 Å². The highest BCUT2D eigenvalue weighted by atomic mass is 16.2. The van der Waals surface area contributed by atoms with Crippen molar-refractivity contribution in [1.29, 1.82) is 0 Å². The molecule has 3 aliphatic rings. The zero-order valence-electron chi connectivity index (χ0n) is 11.6. The van der Waals surface area contributed by atoms with Crippen LogP contribution >= 0.6 is 0 Å². The molecule has 2 aliphatic heterocycles. The maximum absolute atomic E-state index is 12.4. The fourth-order valence-electron chi connectivity index (χ4n) is 3.02. The Morgan fingerprint density at radius 1 is 0.900 bits per heavy atom. The van der Waals surface area contributed by atoms with Crippen LogP contribution in [0.1, 0.15) is 25.7 Å². The fourth-order valence-corrected chi connectivity index (χ4v) is 3.02. The maximum Gasteiger partial charge on any atom is 0.239 e. The van der Waals surface area contributed by atoms with Gasteiger partial charge in [-0.05, 0) is 25.7 Å². The number of piperidine rings is 1. The Morgan fingerprint density at radius 2 is 1.50 bits per heavy atom. The molecule has 0 atom stereocenters. The Hall–Kier alpha value is -1.59. The average Bonchev–Trinajstić information content (AvgIpc) is 3.30. The minimum absolute atomic E-state index is 0.0239. The SMILES string of the molecule is O=C1CN(C(=O)C2CCN(C(=O)C3CC3)CC2)CCN1. The van der Waals surface area contributed by atoms with E-state index in [0.717, 1.165) is 25.7 Å². The highest BCUT2D eigenvalue weighted by Gasteiger charge is 2.37. The van der Waals surface area contributed by atoms with E-state index in [-0.39, 0.29) is 36.1 Å². The molecule has 3 rings (SSSR count). The second kappa shape index (κ2) is 5.42. The van der Waals surface area contributed by atoms with Gasteiger partial charge in [0.1, 0.15) is 0 Å². The first-order chi connectivity index (χ1) is 9.65. The number of nitrogens with zero attached hydrogens (tertiary/aromatic N) is 2. The van der Waals surface area contributed by atoms with Gasteiger partial charge in [-0.25, -0.2) is 0 Å². The molecule has 20 heavy (non-hydrogen) atoms. The van der Waals surface area contributed by atoms with Gasteiger partial charge in [-0.2, -0.15) is 0 Å². The van der Waals surface area contributed by atoms with Gasteiger partial charge in [-0.3, -0.25) is 14.4 Å². The monoisotopic (exact) mass is 279 g/mol. The summed E-state index contributed by atoms with van der Waals surface area (Å²) in [6, 6.07) is 0. The Bertz CT molecular complexity index is 425. The van der Waals surface area contributed by atoms with Crippen LogP contribution in [0.5, 0.6) is 0 Å². The molecule has 2 saturated heterocycles. The lowest BCUT2D eigenvalue weighted by atomic mass is 9.94. The summed E-state index contributed by atoms with van der Waals surface area (Å²) in [5.41, 5.74) is 0. The number of hydrogen-bond donors (Lipinski definition) is 1. The van der Waals surface area contributed by atoms with E-state index in [1.54, 1.807) is 4.90 Å². The smallest absolute Gasteiger partial charge is 0.239 e. The predicted octanol–water partition coefficient (Wildman–Crippen LogP) is -0.407. The number of likely N-dealkylation sites (tertiary alicyclic amines) is 1. The average molecular weight is 279 g/mol. The van der Waals surface area contributed by atoms with Gasteiger partial charge >= 0.3 is 0 Å². The first kappa shape index (κ1) is 13.4. The summed E-state index contributed by atoms with van der Waals surface area (Å²) in [5.74, 6) is 0.509. The van der Waals surface area contributed by atoms with E-state index in [2.05, 4.69) is 5.32 Å². The van der Waals surface area contributed by atoms with Gasteiger partial charge in [-0.1, -0.05) is 0 Å². The molecule has 0 radical (unpaired) electrons. The van der Waals surface area contributed by atoms with E-state index in [1.807, 2.05) is 4.90 Å². The normalized spacial score (nSPS) is 24.5. The standard InChI is InChI=1S/C14H21N3O3/c18-12-9-17(8-5-15-12)14(20)11-3-6-16(7-4-11)13(19)10-1-2-10/h10-11H,1-9H2,(H,15,18). The molecule has 0 aromatic carbocycles. The van der Waals surface area contributed by atoms with Crippen LogP contribution in [0.4, 0.5) is 0 Å². The molecule has 2 heterocycles. The molecule has 6 heteroatoms. The van der Waals surface area contributed by atoms with E-state index >= 15 is 0 Å². The van der Waals surface area contributed by atoms with Crippen LogP contribution in [0, 0.1) is 11.8 Å². The van der Waals surface area contributed by atoms with Crippen molar-refractivity contribution in [2.24, 2.45) is 11.8 Å². The number of hydrogen-bond acceptors (Lipinski definition) is 3. The van der Waals surface area contributed by atoms with Crippen molar-refractivity contribution in [3.05, 3.63) is 0 Å². The largest absolute Gasteiger partial charge is 0.353 e. The van der Waals surface area contributed by atoms with Crippen LogP contribution in [0.3, 0.4) is 0 Å². The lowest BCUT2D eigenvalue weighted by molar-refractivity contribution is -0.144. The minimum atomic E-state index is -0.0778. The first-order valence-electron chi connectivity index (χ1n) is 7.49. The molecule has 0 bridgehead atoms. The molecule has 3 amide bonds. The molecule has 0 unspecified atom stereocenters. The van der Waals surface area contributed by atoms with Crippen LogP contribution in [0.2, 0.25) is 0 Å². The number of amides is 3. The summed E-state index contributed by atoms with van der Waals surface area (Å²) in [7, 11) is 0. The zero-order chi connectivity index (χ0) is 14.1. The number of carbonyl (C=O) groups excluding carboxylic acids is 3. The van der Waals surface area contributed by atoms with E-state index in [4.69, 9.17) is 0 Å². The third kappa shape index (κ3) is 2.78. The lowest BCUT2D eigenvalue weighted by Gasteiger charge is -2.35. The number of piperazine rings is 1. The lowest BCUT2D eigenvalue weighted by Crippen LogP contribution is -2.53. The fraction of sp³-hybridized carbons (Fsp3) is 0.786. The first-order valence-corrected chi connectivity index (χ1v) is 7.49. The van der Waals surface area contributed by atoms with Gasteiger partial charge in [-0.15, -0.1) is 0 Å². The number of nitrogens with one attached hydrogen (secondary N) is 1. The van der Waals surface area contributed by atoms with Gasteiger partial charge < -0.3 is 15.1 Å². The Balaban J connectivity index is 1.50. The number of rotatable bonds is 2. The summed E-state index contributed by atoms with van der Waals surface area (Å²) >= 11 is 0. The van der Waals surface area contributed by atoms with Crippen molar-refractivity contribution in [2.45, 2.75) is 25.7 Å². The van der Waals surface area contributed by atoms with Gasteiger partial charge in [0.2, 0.25) is 17.7 Å². The van der Waals surface area contributed by atoms with Crippen molar-refractivity contribution in [3.8, 4) is 0 Å². The van der Waals surface area contributed by atoms with Gasteiger partial charge in [0.05, 0.1) is 6.54 Å². The summed E-state index contributed by atoms with van der Waals surface area (Å²) < 4.78 is 0. The minimum Gasteiger partial charge on any atom is -0.353 e. The van der Waals surface area contributed by atoms with E-state index in [1.165, 1.54) is 0 Å². The second-order valence-electron chi connectivity index (χ2n) is 5.98. The van der Waals surface area contributed by atoms with Crippen molar-refractivity contribution in [2.75, 3.05) is 32.7 Å². The quantitative estimate of drug-likeness (QED) is 0.747. The Morgan fingerprint density at radius 3 is 2.10 bits per heavy atom. The van der Waals surface area contributed by atoms with E-state index in [9.17, 15) is 14.4 Å². The Labute approximate surface area is 118 Å². The second-order valence-corrected chi connectivity index (χ2v) is 5.98. The molecular weight excluding hydrogens is 258 g/mol. The third-order valence-electron chi connectivity index (χ3n) is 4.43. The van der Waals surface area contributed by atoms with Crippen LogP contribution < -0.4 is 5.32 Å². The van der Waals surface area contributed by atoms with Crippen LogP contribution in [0.25, 0.3) is 0 Å². The Kier molecular flexibility index (Phi) is 3.63. The highest BCUT2D eigenvalue weighted by Crippen LogP contribution is 2.32. The van der Waals surface area contributed by atoms with Crippen molar-refractivity contribution < 1.29 is 14.4 Å². The van der Waals surface area contributed by atoms with E-state index < -0.39 is 0 Å². The summed E-state index contributed by atoms with van der Waals surface area (Å²) in [5, 5.41) is 2.73. The van der Waals surface area contributed by atoms with Crippen molar-refractivity contribution >= 4 is 17.7 Å². The molecule has 0 aromatic heterocycles. The van der Waals surface area contributed by atoms with Gasteiger partial charge in [0.15, 0.2) is 0 Å². The molecule has 110 valence electrons. The molecule has 0 spiro atoms. The van der Waals surface area contributed by atoms with Crippen LogP contribution in [-0.4, -0.2) is 60.2 Å². The zero-order valence-corrected chi connectivity index (χ0v) is 11.6. The van der Waals surface area contributed by atoms with Crippen LogP contribution in [-0.2, 0) is 14.4 Å². The van der Waals surface area contributed by atoms with Gasteiger partial charge in [0, 0.05) is 38.0 Å². The maximum atomic E-state index is 12.4. The predicted molar refractivity (Wildman–Crippen MR) is 71.6 cm³/mol. The number of carbonyl (C=O) groups is 3. The molecule has 1 aliphatic carbocycles. The molecule has 1 N–H and O–H groups in total.